The molecule has 78 valence electrons. The molecule has 1 unspecified atom stereocenters. The fourth-order valence-electron chi connectivity index (χ4n) is 0.577. The molecule has 0 fully saturated rings. The van der Waals surface area contributed by atoms with E-state index >= 15 is 0 Å². The molecule has 1 atom stereocenters. The Kier molecular flexibility index (Phi) is 6.38. The Labute approximate surface area is 76.9 Å². The van der Waals surface area contributed by atoms with Crippen LogP contribution in [0.25, 0.3) is 0 Å². The highest BCUT2D eigenvalue weighted by molar-refractivity contribution is 7.85. The lowest BCUT2D eigenvalue weighted by Crippen LogP contribution is -2.22. The number of esters is 1. The Morgan fingerprint density at radius 1 is 1.69 bits per heavy atom. The van der Waals surface area contributed by atoms with Crippen LogP contribution in [0.2, 0.25) is 0 Å². The van der Waals surface area contributed by atoms with Gasteiger partial charge in [-0.15, -0.1) is 0 Å². The van der Waals surface area contributed by atoms with Gasteiger partial charge in [-0.1, -0.05) is 6.58 Å². The molecule has 0 aromatic rings. The second kappa shape index (κ2) is 5.68. The van der Waals surface area contributed by atoms with E-state index in [0.717, 1.165) is 6.08 Å². The molecule has 0 aromatic heterocycles. The predicted octanol–water partition coefficient (Wildman–Crippen LogP) is 0.154. The van der Waals surface area contributed by atoms with Gasteiger partial charge in [0.15, 0.2) is 0 Å². The third kappa shape index (κ3) is 8.99. The molecule has 0 heterocycles. The summed E-state index contributed by atoms with van der Waals surface area (Å²) in [6.07, 6.45) is 0.0472. The van der Waals surface area contributed by atoms with E-state index in [4.69, 9.17) is 4.55 Å². The molecule has 7 heteroatoms. The fraction of sp³-hybridized carbons (Fsp3) is 0.500. The highest BCUT2D eigenvalue weighted by Gasteiger charge is 2.14. The summed E-state index contributed by atoms with van der Waals surface area (Å²) in [5.74, 6) is -1.32. The molecule has 0 amide bonds. The molecule has 0 saturated heterocycles. The van der Waals surface area contributed by atoms with E-state index in [9.17, 15) is 13.2 Å². The average Bonchev–Trinajstić information content (AvgIpc) is 1.82. The summed E-state index contributed by atoms with van der Waals surface area (Å²) in [6.45, 7) is 4.48. The number of hydrogen-bond acceptors (Lipinski definition) is 5. The van der Waals surface area contributed by atoms with Crippen molar-refractivity contribution in [3.8, 4) is 0 Å². The summed E-state index contributed by atoms with van der Waals surface area (Å²) in [5.41, 5.74) is 0. The molecular weight excluding hydrogens is 198 g/mol. The predicted molar refractivity (Wildman–Crippen MR) is 47.2 cm³/mol. The van der Waals surface area contributed by atoms with Crippen LogP contribution in [0.15, 0.2) is 12.7 Å². The summed E-state index contributed by atoms with van der Waals surface area (Å²) in [7, 11) is -4.09. The maximum absolute atomic E-state index is 10.5. The van der Waals surface area contributed by atoms with Gasteiger partial charge < -0.3 is 10.9 Å². The summed E-state index contributed by atoms with van der Waals surface area (Å²) < 4.78 is 33.3. The van der Waals surface area contributed by atoms with Gasteiger partial charge in [0.2, 0.25) is 0 Å². The molecule has 6 nitrogen and oxygen atoms in total. The number of hydrogen-bond donors (Lipinski definition) is 2. The van der Waals surface area contributed by atoms with Crippen LogP contribution in [0.5, 0.6) is 0 Å². The molecule has 13 heavy (non-hydrogen) atoms. The van der Waals surface area contributed by atoms with E-state index in [1.807, 2.05) is 0 Å². The van der Waals surface area contributed by atoms with Gasteiger partial charge in [-0.3, -0.25) is 4.55 Å². The first kappa shape index (κ1) is 14.6. The Morgan fingerprint density at radius 2 is 2.15 bits per heavy atom. The monoisotopic (exact) mass is 211 g/mol. The van der Waals surface area contributed by atoms with E-state index in [-0.39, 0.29) is 6.15 Å². The molecular formula is C6H13NO5S. The minimum Gasteiger partial charge on any atom is -0.458 e. The average molecular weight is 211 g/mol. The molecule has 0 bridgehead atoms. The Morgan fingerprint density at radius 3 is 2.46 bits per heavy atom. The van der Waals surface area contributed by atoms with Gasteiger partial charge in [0, 0.05) is 6.08 Å². The van der Waals surface area contributed by atoms with Crippen LogP contribution >= 0.6 is 0 Å². The van der Waals surface area contributed by atoms with Crippen molar-refractivity contribution in [2.24, 2.45) is 0 Å². The van der Waals surface area contributed by atoms with Crippen molar-refractivity contribution >= 4 is 16.1 Å². The van der Waals surface area contributed by atoms with Crippen molar-refractivity contribution < 1.29 is 22.5 Å². The van der Waals surface area contributed by atoms with E-state index in [1.54, 1.807) is 0 Å². The Balaban J connectivity index is 0. The molecule has 0 saturated carbocycles. The first-order valence-electron chi connectivity index (χ1n) is 3.13. The first-order valence-corrected chi connectivity index (χ1v) is 4.74. The molecule has 4 N–H and O–H groups in total. The van der Waals surface area contributed by atoms with Crippen molar-refractivity contribution in [2.45, 2.75) is 13.0 Å². The molecule has 0 aliphatic heterocycles. The van der Waals surface area contributed by atoms with Gasteiger partial charge >= 0.3 is 5.97 Å². The van der Waals surface area contributed by atoms with Gasteiger partial charge in [0.25, 0.3) is 10.1 Å². The van der Waals surface area contributed by atoms with Crippen LogP contribution in [-0.4, -0.2) is 30.8 Å². The normalized spacial score (nSPS) is 12.5. The maximum Gasteiger partial charge on any atom is 0.330 e. The number of carbonyl (C=O) groups is 1. The fourth-order valence-corrected chi connectivity index (χ4v) is 1.24. The van der Waals surface area contributed by atoms with Crippen molar-refractivity contribution in [2.75, 3.05) is 5.75 Å². The Bertz CT molecular complexity index is 271. The van der Waals surface area contributed by atoms with Crippen molar-refractivity contribution in [3.05, 3.63) is 12.7 Å². The van der Waals surface area contributed by atoms with Crippen LogP contribution in [0, 0.1) is 0 Å². The van der Waals surface area contributed by atoms with E-state index < -0.39 is 27.9 Å². The highest BCUT2D eigenvalue weighted by atomic mass is 32.2. The molecule has 0 aliphatic carbocycles. The van der Waals surface area contributed by atoms with Crippen LogP contribution in [0.3, 0.4) is 0 Å². The van der Waals surface area contributed by atoms with Gasteiger partial charge in [-0.05, 0) is 6.92 Å². The molecule has 0 radical (unpaired) electrons. The summed E-state index contributed by atoms with van der Waals surface area (Å²) in [4.78, 5) is 10.5. The topological polar surface area (TPSA) is 116 Å². The Hall–Kier alpha value is -0.920. The van der Waals surface area contributed by atoms with Crippen molar-refractivity contribution in [1.29, 1.82) is 0 Å². The smallest absolute Gasteiger partial charge is 0.330 e. The quantitative estimate of drug-likeness (QED) is 0.388. The van der Waals surface area contributed by atoms with Crippen molar-refractivity contribution in [1.82, 2.24) is 6.15 Å². The third-order valence-electron chi connectivity index (χ3n) is 0.929. The second-order valence-electron chi connectivity index (χ2n) is 2.20. The first-order chi connectivity index (χ1) is 5.35. The van der Waals surface area contributed by atoms with Gasteiger partial charge in [0.1, 0.15) is 11.9 Å². The lowest BCUT2D eigenvalue weighted by Gasteiger charge is -2.08. The summed E-state index contributed by atoms with van der Waals surface area (Å²) >= 11 is 0. The second-order valence-corrected chi connectivity index (χ2v) is 3.70. The maximum atomic E-state index is 10.5. The molecule has 0 spiro atoms. The highest BCUT2D eigenvalue weighted by Crippen LogP contribution is 1.96. The van der Waals surface area contributed by atoms with Crippen LogP contribution in [0.1, 0.15) is 6.92 Å². The van der Waals surface area contributed by atoms with E-state index in [0.29, 0.717) is 0 Å². The number of carbonyl (C=O) groups excluding carboxylic acids is 1. The largest absolute Gasteiger partial charge is 0.458 e. The third-order valence-corrected chi connectivity index (χ3v) is 1.82. The minimum absolute atomic E-state index is 0. The lowest BCUT2D eigenvalue weighted by atomic mass is 10.5. The van der Waals surface area contributed by atoms with E-state index in [1.165, 1.54) is 6.92 Å². The standard InChI is InChI=1S/C6H10O5S.H3N/c1-3-6(7)11-5(2)4-12(8,9)10;/h3,5H,1,4H2,2H3,(H,8,9,10);1H3. The van der Waals surface area contributed by atoms with Gasteiger partial charge in [0.05, 0.1) is 0 Å². The summed E-state index contributed by atoms with van der Waals surface area (Å²) in [6, 6.07) is 0. The van der Waals surface area contributed by atoms with Gasteiger partial charge in [-0.25, -0.2) is 4.79 Å². The SMILES string of the molecule is C=CC(=O)OC(C)CS(=O)(=O)O.N. The zero-order valence-electron chi connectivity index (χ0n) is 7.26. The number of ether oxygens (including phenoxy) is 1. The zero-order valence-corrected chi connectivity index (χ0v) is 8.08. The molecule has 0 aliphatic rings. The minimum atomic E-state index is -4.09. The summed E-state index contributed by atoms with van der Waals surface area (Å²) in [5, 5.41) is 0. The van der Waals surface area contributed by atoms with Crippen LogP contribution < -0.4 is 6.15 Å². The van der Waals surface area contributed by atoms with Gasteiger partial charge in [-0.2, -0.15) is 8.42 Å². The van der Waals surface area contributed by atoms with E-state index in [2.05, 4.69) is 11.3 Å². The lowest BCUT2D eigenvalue weighted by molar-refractivity contribution is -0.141. The van der Waals surface area contributed by atoms with Crippen LogP contribution in [-0.2, 0) is 19.6 Å². The zero-order chi connectivity index (χ0) is 9.78. The van der Waals surface area contributed by atoms with Crippen LogP contribution in [0.4, 0.5) is 0 Å². The molecule has 0 aromatic carbocycles. The van der Waals surface area contributed by atoms with Crippen molar-refractivity contribution in [3.63, 3.8) is 0 Å². The molecule has 0 rings (SSSR count). The number of rotatable bonds is 4.